The average Bonchev–Trinajstić information content (AvgIpc) is 2.96. The van der Waals surface area contributed by atoms with Crippen LogP contribution in [0.1, 0.15) is 21.5 Å². The van der Waals surface area contributed by atoms with Crippen LogP contribution in [-0.4, -0.2) is 29.8 Å². The highest BCUT2D eigenvalue weighted by Crippen LogP contribution is 2.33. The second-order valence-corrected chi connectivity index (χ2v) is 5.37. The summed E-state index contributed by atoms with van der Waals surface area (Å²) in [6.45, 7) is 2.53. The lowest BCUT2D eigenvalue weighted by molar-refractivity contribution is 0.0782. The number of carbonyl (C=O) groups is 1. The number of ether oxygens (including phenoxy) is 2. The van der Waals surface area contributed by atoms with Gasteiger partial charge in [0.25, 0.3) is 5.91 Å². The second kappa shape index (κ2) is 5.60. The van der Waals surface area contributed by atoms with E-state index in [0.717, 1.165) is 11.1 Å². The van der Waals surface area contributed by atoms with E-state index in [1.54, 1.807) is 24.1 Å². The van der Waals surface area contributed by atoms with E-state index in [9.17, 15) is 9.90 Å². The highest BCUT2D eigenvalue weighted by Gasteiger charge is 2.18. The van der Waals surface area contributed by atoms with Crippen molar-refractivity contribution in [3.63, 3.8) is 0 Å². The van der Waals surface area contributed by atoms with Crippen molar-refractivity contribution >= 4 is 5.91 Å². The van der Waals surface area contributed by atoms with Crippen LogP contribution in [0.5, 0.6) is 17.2 Å². The summed E-state index contributed by atoms with van der Waals surface area (Å²) in [7, 11) is 1.70. The summed E-state index contributed by atoms with van der Waals surface area (Å²) < 4.78 is 10.6. The van der Waals surface area contributed by atoms with Gasteiger partial charge < -0.3 is 19.5 Å². The first-order valence-electron chi connectivity index (χ1n) is 6.98. The van der Waals surface area contributed by atoms with Gasteiger partial charge >= 0.3 is 0 Å². The molecule has 1 aliphatic rings. The molecule has 5 nitrogen and oxygen atoms in total. The third-order valence-corrected chi connectivity index (χ3v) is 3.59. The Kier molecular flexibility index (Phi) is 3.63. The molecule has 2 aromatic carbocycles. The van der Waals surface area contributed by atoms with Crippen LogP contribution in [0.2, 0.25) is 0 Å². The standard InChI is InChI=1S/C17H17NO4/c1-11-3-5-14(19)13(7-11)17(20)18(2)9-12-4-6-15-16(8-12)22-10-21-15/h3-8,19H,9-10H2,1-2H3. The highest BCUT2D eigenvalue weighted by molar-refractivity contribution is 5.96. The molecule has 22 heavy (non-hydrogen) atoms. The number of phenols is 1. The lowest BCUT2D eigenvalue weighted by atomic mass is 10.1. The van der Waals surface area contributed by atoms with Crippen molar-refractivity contribution < 1.29 is 19.4 Å². The van der Waals surface area contributed by atoms with Gasteiger partial charge in [0.05, 0.1) is 5.56 Å². The van der Waals surface area contributed by atoms with E-state index < -0.39 is 0 Å². The molecule has 0 atom stereocenters. The minimum atomic E-state index is -0.223. The van der Waals surface area contributed by atoms with Crippen molar-refractivity contribution in [3.05, 3.63) is 53.1 Å². The zero-order valence-electron chi connectivity index (χ0n) is 12.5. The van der Waals surface area contributed by atoms with Gasteiger partial charge in [-0.25, -0.2) is 0 Å². The molecule has 0 saturated heterocycles. The Labute approximate surface area is 128 Å². The van der Waals surface area contributed by atoms with Crippen molar-refractivity contribution in [2.24, 2.45) is 0 Å². The van der Waals surface area contributed by atoms with E-state index in [4.69, 9.17) is 9.47 Å². The summed E-state index contributed by atoms with van der Waals surface area (Å²) in [6.07, 6.45) is 0. The molecule has 114 valence electrons. The summed E-state index contributed by atoms with van der Waals surface area (Å²) >= 11 is 0. The van der Waals surface area contributed by atoms with Gasteiger partial charge in [-0.05, 0) is 36.8 Å². The summed E-state index contributed by atoms with van der Waals surface area (Å²) in [5.74, 6) is 1.18. The molecule has 0 radical (unpaired) electrons. The van der Waals surface area contributed by atoms with Crippen LogP contribution in [0, 0.1) is 6.92 Å². The normalized spacial score (nSPS) is 12.3. The topological polar surface area (TPSA) is 59.0 Å². The number of fused-ring (bicyclic) bond motifs is 1. The van der Waals surface area contributed by atoms with Gasteiger partial charge in [0.15, 0.2) is 11.5 Å². The molecule has 0 aromatic heterocycles. The average molecular weight is 299 g/mol. The Balaban J connectivity index is 1.77. The fourth-order valence-electron chi connectivity index (χ4n) is 2.41. The van der Waals surface area contributed by atoms with Crippen LogP contribution in [0.25, 0.3) is 0 Å². The van der Waals surface area contributed by atoms with E-state index >= 15 is 0 Å². The predicted molar refractivity (Wildman–Crippen MR) is 81.2 cm³/mol. The van der Waals surface area contributed by atoms with Crippen LogP contribution in [-0.2, 0) is 6.54 Å². The predicted octanol–water partition coefficient (Wildman–Crippen LogP) is 2.70. The minimum Gasteiger partial charge on any atom is -0.507 e. The summed E-state index contributed by atoms with van der Waals surface area (Å²) in [5, 5.41) is 9.86. The number of nitrogens with zero attached hydrogens (tertiary/aromatic N) is 1. The lowest BCUT2D eigenvalue weighted by Gasteiger charge is -2.18. The molecule has 0 unspecified atom stereocenters. The molecule has 2 aromatic rings. The maximum Gasteiger partial charge on any atom is 0.257 e. The molecule has 1 N–H and O–H groups in total. The van der Waals surface area contributed by atoms with Crippen LogP contribution >= 0.6 is 0 Å². The molecule has 3 rings (SSSR count). The van der Waals surface area contributed by atoms with Crippen molar-refractivity contribution in [1.29, 1.82) is 0 Å². The number of aromatic hydroxyl groups is 1. The Bertz CT molecular complexity index is 727. The van der Waals surface area contributed by atoms with E-state index in [1.807, 2.05) is 25.1 Å². The van der Waals surface area contributed by atoms with Gasteiger partial charge in [-0.3, -0.25) is 4.79 Å². The van der Waals surface area contributed by atoms with E-state index in [2.05, 4.69) is 0 Å². The number of hydrogen-bond donors (Lipinski definition) is 1. The number of carbonyl (C=O) groups excluding carboxylic acids is 1. The first-order chi connectivity index (χ1) is 10.5. The first-order valence-corrected chi connectivity index (χ1v) is 6.98. The van der Waals surface area contributed by atoms with E-state index in [-0.39, 0.29) is 18.4 Å². The monoisotopic (exact) mass is 299 g/mol. The Morgan fingerprint density at radius 2 is 1.95 bits per heavy atom. The number of phenolic OH excluding ortho intramolecular Hbond substituents is 1. The van der Waals surface area contributed by atoms with Gasteiger partial charge in [-0.2, -0.15) is 0 Å². The number of amides is 1. The number of rotatable bonds is 3. The fourth-order valence-corrected chi connectivity index (χ4v) is 2.41. The van der Waals surface area contributed by atoms with Crippen molar-refractivity contribution in [2.75, 3.05) is 13.8 Å². The van der Waals surface area contributed by atoms with E-state index in [0.29, 0.717) is 23.6 Å². The molecule has 1 heterocycles. The zero-order valence-corrected chi connectivity index (χ0v) is 12.5. The van der Waals surface area contributed by atoms with Crippen molar-refractivity contribution in [3.8, 4) is 17.2 Å². The van der Waals surface area contributed by atoms with Crippen LogP contribution < -0.4 is 9.47 Å². The molecule has 0 fully saturated rings. The quantitative estimate of drug-likeness (QED) is 0.946. The molecule has 5 heteroatoms. The highest BCUT2D eigenvalue weighted by atomic mass is 16.7. The lowest BCUT2D eigenvalue weighted by Crippen LogP contribution is -2.26. The van der Waals surface area contributed by atoms with Gasteiger partial charge in [-0.1, -0.05) is 17.7 Å². The summed E-state index contributed by atoms with van der Waals surface area (Å²) in [5.41, 5.74) is 2.17. The largest absolute Gasteiger partial charge is 0.507 e. The van der Waals surface area contributed by atoms with Crippen LogP contribution in [0.4, 0.5) is 0 Å². The smallest absolute Gasteiger partial charge is 0.257 e. The maximum absolute atomic E-state index is 12.5. The second-order valence-electron chi connectivity index (χ2n) is 5.37. The molecule has 0 aliphatic carbocycles. The van der Waals surface area contributed by atoms with Crippen molar-refractivity contribution in [2.45, 2.75) is 13.5 Å². The molecule has 0 bridgehead atoms. The molecular weight excluding hydrogens is 282 g/mol. The van der Waals surface area contributed by atoms with Gasteiger partial charge in [0, 0.05) is 13.6 Å². The minimum absolute atomic E-state index is 0.00635. The van der Waals surface area contributed by atoms with Crippen LogP contribution in [0.3, 0.4) is 0 Å². The Morgan fingerprint density at radius 1 is 1.18 bits per heavy atom. The molecule has 1 amide bonds. The van der Waals surface area contributed by atoms with Gasteiger partial charge in [-0.15, -0.1) is 0 Å². The zero-order chi connectivity index (χ0) is 15.7. The Morgan fingerprint density at radius 3 is 2.77 bits per heavy atom. The first kappa shape index (κ1) is 14.3. The SMILES string of the molecule is Cc1ccc(O)c(C(=O)N(C)Cc2ccc3c(c2)OCO3)c1. The molecule has 0 saturated carbocycles. The number of benzene rings is 2. The van der Waals surface area contributed by atoms with Gasteiger partial charge in [0.2, 0.25) is 6.79 Å². The molecule has 1 aliphatic heterocycles. The van der Waals surface area contributed by atoms with Crippen LogP contribution in [0.15, 0.2) is 36.4 Å². The number of hydrogen-bond acceptors (Lipinski definition) is 4. The molecular formula is C17H17NO4. The maximum atomic E-state index is 12.5. The third-order valence-electron chi connectivity index (χ3n) is 3.59. The Hall–Kier alpha value is -2.69. The fraction of sp³-hybridized carbons (Fsp3) is 0.235. The summed E-state index contributed by atoms with van der Waals surface area (Å²) in [6, 6.07) is 10.6. The summed E-state index contributed by atoms with van der Waals surface area (Å²) in [4.78, 5) is 14.0. The number of aryl methyl sites for hydroxylation is 1. The molecule has 0 spiro atoms. The third kappa shape index (κ3) is 2.70. The van der Waals surface area contributed by atoms with E-state index in [1.165, 1.54) is 6.07 Å². The van der Waals surface area contributed by atoms with Gasteiger partial charge in [0.1, 0.15) is 5.75 Å². The van der Waals surface area contributed by atoms with Crippen molar-refractivity contribution in [1.82, 2.24) is 4.90 Å².